The molecule has 8 heteroatoms. The first-order chi connectivity index (χ1) is 10.8. The number of amides is 1. The quantitative estimate of drug-likeness (QED) is 0.861. The average Bonchev–Trinajstić information content (AvgIpc) is 2.46. The smallest absolute Gasteiger partial charge is 0.266 e. The Balaban J connectivity index is 2.14. The summed E-state index contributed by atoms with van der Waals surface area (Å²) < 4.78 is 25.7. The fourth-order valence-electron chi connectivity index (χ4n) is 1.65. The van der Waals surface area contributed by atoms with E-state index in [1.807, 2.05) is 4.72 Å². The fourth-order valence-corrected chi connectivity index (χ4v) is 2.91. The fraction of sp³-hybridized carbons (Fsp3) is 0. The lowest BCUT2D eigenvalue weighted by atomic mass is 10.2. The Morgan fingerprint density at radius 3 is 2.35 bits per heavy atom. The summed E-state index contributed by atoms with van der Waals surface area (Å²) in [4.78, 5) is 12.0. The van der Waals surface area contributed by atoms with E-state index < -0.39 is 15.9 Å². The predicted molar refractivity (Wildman–Crippen MR) is 90.0 cm³/mol. The van der Waals surface area contributed by atoms with Crippen molar-refractivity contribution in [2.75, 3.05) is 0 Å². The first-order valence-electron chi connectivity index (χ1n) is 6.26. The molecule has 0 bridgehead atoms. The van der Waals surface area contributed by atoms with Gasteiger partial charge in [-0.25, -0.2) is 13.1 Å². The van der Waals surface area contributed by atoms with E-state index in [9.17, 15) is 13.2 Å². The van der Waals surface area contributed by atoms with E-state index in [-0.39, 0.29) is 16.3 Å². The van der Waals surface area contributed by atoms with Crippen molar-refractivity contribution < 1.29 is 18.3 Å². The van der Waals surface area contributed by atoms with Crippen molar-refractivity contribution >= 4 is 45.2 Å². The zero-order valence-electron chi connectivity index (χ0n) is 11.5. The second-order valence-corrected chi connectivity index (χ2v) is 6.90. The highest BCUT2D eigenvalue weighted by Crippen LogP contribution is 2.21. The van der Waals surface area contributed by atoms with Gasteiger partial charge in [0.2, 0.25) is 0 Å². The molecule has 0 heterocycles. The topological polar surface area (TPSA) is 83.5 Å². The molecule has 5 nitrogen and oxygen atoms in total. The van der Waals surface area contributed by atoms with E-state index in [1.165, 1.54) is 48.5 Å². The Hall–Kier alpha value is -2.02. The Labute approximate surface area is 143 Å². The van der Waals surface area contributed by atoms with Crippen molar-refractivity contribution in [3.8, 4) is 5.75 Å². The number of aromatic hydroxyl groups is 1. The van der Waals surface area contributed by atoms with E-state index in [4.69, 9.17) is 28.3 Å². The second kappa shape index (κ2) is 7.04. The molecule has 0 aromatic heterocycles. The molecule has 0 fully saturated rings. The maximum absolute atomic E-state index is 12.0. The summed E-state index contributed by atoms with van der Waals surface area (Å²) in [6.07, 6.45) is 1.29. The van der Waals surface area contributed by atoms with Gasteiger partial charge >= 0.3 is 0 Å². The van der Waals surface area contributed by atoms with Crippen LogP contribution in [-0.4, -0.2) is 19.4 Å². The molecule has 0 radical (unpaired) electrons. The zero-order chi connectivity index (χ0) is 17.0. The molecule has 2 aromatic carbocycles. The monoisotopic (exact) mass is 371 g/mol. The molecule has 120 valence electrons. The van der Waals surface area contributed by atoms with Crippen LogP contribution in [0.25, 0.3) is 6.08 Å². The summed E-state index contributed by atoms with van der Waals surface area (Å²) in [7, 11) is -4.00. The van der Waals surface area contributed by atoms with Crippen molar-refractivity contribution in [1.29, 1.82) is 0 Å². The van der Waals surface area contributed by atoms with Gasteiger partial charge in [0, 0.05) is 5.02 Å². The highest BCUT2D eigenvalue weighted by atomic mass is 35.5. The SMILES string of the molecule is O=C(NS(=O)(=O)/C=C/c1ccc(O)cc1)c1ccc(Cl)cc1Cl. The number of sulfonamides is 1. The molecule has 0 saturated heterocycles. The van der Waals surface area contributed by atoms with E-state index in [2.05, 4.69) is 0 Å². The minimum absolute atomic E-state index is 0.00215. The Kier molecular flexibility index (Phi) is 5.30. The minimum atomic E-state index is -4.00. The molecular formula is C15H11Cl2NO4S. The van der Waals surface area contributed by atoms with Crippen LogP contribution in [0.5, 0.6) is 5.75 Å². The summed E-state index contributed by atoms with van der Waals surface area (Å²) in [5.41, 5.74) is 0.544. The number of phenols is 1. The van der Waals surface area contributed by atoms with Gasteiger partial charge in [-0.1, -0.05) is 35.3 Å². The molecule has 0 spiro atoms. The van der Waals surface area contributed by atoms with Gasteiger partial charge in [0.1, 0.15) is 5.75 Å². The number of halogens is 2. The molecule has 0 aliphatic heterocycles. The first kappa shape index (κ1) is 17.3. The van der Waals surface area contributed by atoms with Crippen molar-refractivity contribution in [3.05, 3.63) is 69.0 Å². The van der Waals surface area contributed by atoms with Gasteiger partial charge in [0.25, 0.3) is 15.9 Å². The van der Waals surface area contributed by atoms with Gasteiger partial charge in [-0.2, -0.15) is 0 Å². The van der Waals surface area contributed by atoms with Crippen LogP contribution in [0.3, 0.4) is 0 Å². The third-order valence-corrected chi connectivity index (χ3v) is 4.26. The summed E-state index contributed by atoms with van der Waals surface area (Å²) in [5, 5.41) is 10.4. The van der Waals surface area contributed by atoms with Crippen LogP contribution in [0.2, 0.25) is 10.0 Å². The van der Waals surface area contributed by atoms with Gasteiger partial charge in [0.05, 0.1) is 16.0 Å². The summed E-state index contributed by atoms with van der Waals surface area (Å²) in [5.74, 6) is -0.794. The zero-order valence-corrected chi connectivity index (χ0v) is 13.9. The van der Waals surface area contributed by atoms with Gasteiger partial charge in [-0.05, 0) is 42.0 Å². The van der Waals surface area contributed by atoms with E-state index >= 15 is 0 Å². The third-order valence-electron chi connectivity index (χ3n) is 2.74. The van der Waals surface area contributed by atoms with Crippen LogP contribution in [0, 0.1) is 0 Å². The number of nitrogens with one attached hydrogen (secondary N) is 1. The standard InChI is InChI=1S/C15H11Cl2NO4S/c16-11-3-6-13(14(17)9-11)15(20)18-23(21,22)8-7-10-1-4-12(19)5-2-10/h1-9,19H,(H,18,20)/b8-7+. The maximum Gasteiger partial charge on any atom is 0.266 e. The van der Waals surface area contributed by atoms with Crippen LogP contribution in [0.4, 0.5) is 0 Å². The maximum atomic E-state index is 12.0. The Morgan fingerprint density at radius 1 is 1.09 bits per heavy atom. The Bertz CT molecular complexity index is 862. The van der Waals surface area contributed by atoms with E-state index in [1.54, 1.807) is 0 Å². The van der Waals surface area contributed by atoms with E-state index in [0.29, 0.717) is 10.6 Å². The molecule has 1 amide bonds. The molecule has 0 unspecified atom stereocenters. The summed E-state index contributed by atoms with van der Waals surface area (Å²) in [6, 6.07) is 9.99. The van der Waals surface area contributed by atoms with Gasteiger partial charge in [-0.15, -0.1) is 0 Å². The van der Waals surface area contributed by atoms with Gasteiger partial charge < -0.3 is 5.11 Å². The molecular weight excluding hydrogens is 361 g/mol. The molecule has 0 aliphatic carbocycles. The number of carbonyl (C=O) groups is 1. The highest BCUT2D eigenvalue weighted by molar-refractivity contribution is 7.93. The number of hydrogen-bond acceptors (Lipinski definition) is 4. The van der Waals surface area contributed by atoms with Crippen molar-refractivity contribution in [1.82, 2.24) is 4.72 Å². The largest absolute Gasteiger partial charge is 0.508 e. The molecule has 2 rings (SSSR count). The van der Waals surface area contributed by atoms with Gasteiger partial charge in [0.15, 0.2) is 0 Å². The van der Waals surface area contributed by atoms with E-state index in [0.717, 1.165) is 5.41 Å². The Morgan fingerprint density at radius 2 is 1.74 bits per heavy atom. The molecule has 0 aliphatic rings. The molecule has 0 saturated carbocycles. The number of phenolic OH excluding ortho intramolecular Hbond substituents is 1. The third kappa shape index (κ3) is 4.99. The number of carbonyl (C=O) groups excluding carboxylic acids is 1. The van der Waals surface area contributed by atoms with Gasteiger partial charge in [-0.3, -0.25) is 4.79 Å². The molecule has 2 N–H and O–H groups in total. The number of rotatable bonds is 4. The number of hydrogen-bond donors (Lipinski definition) is 2. The lowest BCUT2D eigenvalue weighted by Crippen LogP contribution is -2.29. The lowest BCUT2D eigenvalue weighted by molar-refractivity contribution is 0.0982. The second-order valence-electron chi connectivity index (χ2n) is 4.49. The van der Waals surface area contributed by atoms with Crippen LogP contribution >= 0.6 is 23.2 Å². The van der Waals surface area contributed by atoms with Crippen LogP contribution in [-0.2, 0) is 10.0 Å². The van der Waals surface area contributed by atoms with Crippen molar-refractivity contribution in [3.63, 3.8) is 0 Å². The minimum Gasteiger partial charge on any atom is -0.508 e. The molecule has 0 atom stereocenters. The lowest BCUT2D eigenvalue weighted by Gasteiger charge is -2.05. The normalized spacial score (nSPS) is 11.6. The molecule has 2 aromatic rings. The first-order valence-corrected chi connectivity index (χ1v) is 8.56. The van der Waals surface area contributed by atoms with Crippen molar-refractivity contribution in [2.24, 2.45) is 0 Å². The predicted octanol–water partition coefficient (Wildman–Crippen LogP) is 3.43. The van der Waals surface area contributed by atoms with Crippen molar-refractivity contribution in [2.45, 2.75) is 0 Å². The number of benzene rings is 2. The average molecular weight is 372 g/mol. The summed E-state index contributed by atoms with van der Waals surface area (Å²) >= 11 is 11.6. The highest BCUT2D eigenvalue weighted by Gasteiger charge is 2.16. The van der Waals surface area contributed by atoms with Crippen LogP contribution < -0.4 is 4.72 Å². The van der Waals surface area contributed by atoms with Crippen LogP contribution in [0.1, 0.15) is 15.9 Å². The van der Waals surface area contributed by atoms with Crippen LogP contribution in [0.15, 0.2) is 47.9 Å². The molecule has 23 heavy (non-hydrogen) atoms. The summed E-state index contributed by atoms with van der Waals surface area (Å²) in [6.45, 7) is 0.